The minimum Gasteiger partial charge on any atom is -0.458 e. The van der Waals surface area contributed by atoms with Gasteiger partial charge in [0.2, 0.25) is 0 Å². The molecule has 2 bridgehead atoms. The second kappa shape index (κ2) is 12.2. The zero-order valence-corrected chi connectivity index (χ0v) is 27.1. The van der Waals surface area contributed by atoms with E-state index in [1.807, 2.05) is 20.8 Å². The molecule has 4 aliphatic rings. The van der Waals surface area contributed by atoms with Gasteiger partial charge in [0.05, 0.1) is 12.0 Å². The van der Waals surface area contributed by atoms with Gasteiger partial charge in [0, 0.05) is 29.2 Å². The lowest BCUT2D eigenvalue weighted by molar-refractivity contribution is -0.203. The molecule has 8 nitrogen and oxygen atoms in total. The first-order chi connectivity index (χ1) is 20.2. The van der Waals surface area contributed by atoms with Crippen molar-refractivity contribution in [3.8, 4) is 0 Å². The molecule has 2 saturated carbocycles. The Balaban J connectivity index is 1.69. The molecule has 0 aromatic carbocycles. The Morgan fingerprint density at radius 1 is 1.12 bits per heavy atom. The van der Waals surface area contributed by atoms with E-state index < -0.39 is 64.6 Å². The summed E-state index contributed by atoms with van der Waals surface area (Å²) < 4.78 is 12.2. The van der Waals surface area contributed by atoms with E-state index >= 15 is 0 Å². The molecule has 1 spiro atoms. The Morgan fingerprint density at radius 2 is 1.74 bits per heavy atom. The van der Waals surface area contributed by atoms with Gasteiger partial charge in [0.25, 0.3) is 0 Å². The lowest BCUT2D eigenvalue weighted by Gasteiger charge is -2.49. The molecule has 8 heteroatoms. The molecule has 240 valence electrons. The minimum atomic E-state index is -2.26. The van der Waals surface area contributed by atoms with Gasteiger partial charge in [0.1, 0.15) is 11.7 Å². The largest absolute Gasteiger partial charge is 0.458 e. The van der Waals surface area contributed by atoms with Crippen molar-refractivity contribution < 1.29 is 39.2 Å². The predicted octanol–water partition coefficient (Wildman–Crippen LogP) is 5.14. The molecule has 0 amide bonds. The van der Waals surface area contributed by atoms with Crippen molar-refractivity contribution in [3.63, 3.8) is 0 Å². The van der Waals surface area contributed by atoms with Crippen LogP contribution in [0.3, 0.4) is 0 Å². The van der Waals surface area contributed by atoms with Crippen molar-refractivity contribution in [2.45, 2.75) is 130 Å². The number of aliphatic hydroxyl groups excluding tert-OH is 2. The number of ether oxygens (including phenoxy) is 2. The highest BCUT2D eigenvalue weighted by molar-refractivity contribution is 5.96. The third-order valence-electron chi connectivity index (χ3n) is 11.3. The number of esters is 2. The zero-order valence-electron chi connectivity index (χ0n) is 27.1. The second-order valence-electron chi connectivity index (χ2n) is 14.1. The Bertz CT molecular complexity index is 1210. The van der Waals surface area contributed by atoms with Crippen LogP contribution in [0.5, 0.6) is 0 Å². The smallest absolute Gasteiger partial charge is 0.334 e. The van der Waals surface area contributed by atoms with Gasteiger partial charge in [0.15, 0.2) is 17.5 Å². The molecule has 4 rings (SSSR count). The summed E-state index contributed by atoms with van der Waals surface area (Å²) in [5, 5.41) is 34.7. The van der Waals surface area contributed by atoms with Crippen LogP contribution in [0.4, 0.5) is 0 Å². The first-order valence-corrected chi connectivity index (χ1v) is 16.2. The molecule has 0 radical (unpaired) electrons. The maximum atomic E-state index is 14.8. The number of fused-ring (bicyclic) bond motifs is 3. The number of unbranched alkanes of at least 4 members (excludes halogenated alkanes) is 6. The quantitative estimate of drug-likeness (QED) is 0.122. The van der Waals surface area contributed by atoms with Crippen molar-refractivity contribution in [1.29, 1.82) is 0 Å². The summed E-state index contributed by atoms with van der Waals surface area (Å²) >= 11 is 0. The Labute approximate surface area is 256 Å². The van der Waals surface area contributed by atoms with Crippen molar-refractivity contribution in [3.05, 3.63) is 34.9 Å². The van der Waals surface area contributed by atoms with Gasteiger partial charge >= 0.3 is 11.9 Å². The lowest BCUT2D eigenvalue weighted by Crippen LogP contribution is -2.66. The lowest BCUT2D eigenvalue weighted by atomic mass is 9.59. The second-order valence-corrected chi connectivity index (χ2v) is 14.1. The number of carbonyl (C=O) groups excluding carboxylic acids is 3. The number of hydrogen-bond acceptors (Lipinski definition) is 8. The molecule has 0 aromatic heterocycles. The van der Waals surface area contributed by atoms with Crippen molar-refractivity contribution in [2.24, 2.45) is 28.6 Å². The van der Waals surface area contributed by atoms with Crippen molar-refractivity contribution in [1.82, 2.24) is 0 Å². The molecular formula is C35H52O8. The topological polar surface area (TPSA) is 130 Å². The highest BCUT2D eigenvalue weighted by Crippen LogP contribution is 2.75. The van der Waals surface area contributed by atoms with E-state index in [9.17, 15) is 29.7 Å². The van der Waals surface area contributed by atoms with Crippen LogP contribution in [0.15, 0.2) is 34.9 Å². The van der Waals surface area contributed by atoms with Gasteiger partial charge < -0.3 is 24.8 Å². The number of ketones is 1. The zero-order chi connectivity index (χ0) is 32.0. The third kappa shape index (κ3) is 5.05. The molecule has 8 atom stereocenters. The van der Waals surface area contributed by atoms with Crippen LogP contribution in [-0.2, 0) is 23.9 Å². The van der Waals surface area contributed by atoms with Crippen LogP contribution in [0.1, 0.15) is 106 Å². The van der Waals surface area contributed by atoms with Gasteiger partial charge in [-0.2, -0.15) is 0 Å². The van der Waals surface area contributed by atoms with E-state index in [0.29, 0.717) is 24.0 Å². The summed E-state index contributed by atoms with van der Waals surface area (Å²) in [5.74, 6) is -3.08. The molecule has 3 N–H and O–H groups in total. The monoisotopic (exact) mass is 600 g/mol. The van der Waals surface area contributed by atoms with Crippen LogP contribution in [0.2, 0.25) is 0 Å². The fraction of sp³-hybridized carbons (Fsp3) is 0.743. The summed E-state index contributed by atoms with van der Waals surface area (Å²) in [7, 11) is 0. The number of rotatable bonds is 12. The average molecular weight is 601 g/mol. The van der Waals surface area contributed by atoms with Crippen LogP contribution in [0, 0.1) is 28.6 Å². The van der Waals surface area contributed by atoms with Crippen molar-refractivity contribution in [2.75, 3.05) is 6.61 Å². The molecule has 0 heterocycles. The van der Waals surface area contributed by atoms with E-state index in [1.54, 1.807) is 39.0 Å². The summed E-state index contributed by atoms with van der Waals surface area (Å²) in [6.07, 6.45) is 10.0. The molecule has 0 unspecified atom stereocenters. The highest BCUT2D eigenvalue weighted by atomic mass is 16.6. The number of hydrogen-bond donors (Lipinski definition) is 3. The van der Waals surface area contributed by atoms with E-state index in [0.717, 1.165) is 25.7 Å². The Hall–Kier alpha value is -2.29. The SMILES string of the molecule is C/C=C(/C)C(=O)O[C@H]1C(C)=C[C@]23C(=O)[C@@H](C=C(CO)[C@@H](O)[C@]12O)[C@@H]1C(C)(C)[C@]1(OC(=O)CCCCCCCCC)C[C@H]3C. The molecule has 0 saturated heterocycles. The standard InChI is InChI=1S/C35H52O8/c1-8-10-11-12-13-14-15-16-26(37)43-34-19-23(5)33-18-22(4)30(42-31(40)21(3)9-2)35(33,41)28(38)24(20-36)17-25(29(33)39)27(34)32(34,6)7/h9,17-18,23,25,27-28,30,36,38,41H,8,10-16,19-20H2,1-7H3/b21-9-/t23-,25+,27-,28-,30+,33+,34+,35+/m1/s1. The summed E-state index contributed by atoms with van der Waals surface area (Å²) in [5.41, 5.74) is -4.52. The fourth-order valence-corrected chi connectivity index (χ4v) is 8.69. The number of allylic oxidation sites excluding steroid dienone is 2. The van der Waals surface area contributed by atoms with Gasteiger partial charge in [-0.1, -0.05) is 84.4 Å². The van der Waals surface area contributed by atoms with E-state index in [1.165, 1.54) is 19.3 Å². The van der Waals surface area contributed by atoms with Crippen LogP contribution in [0.25, 0.3) is 0 Å². The molecular weight excluding hydrogens is 548 g/mol. The Morgan fingerprint density at radius 3 is 2.35 bits per heavy atom. The number of Topliss-reactive ketones (excluding diaryl/α,β-unsaturated/α-hetero) is 1. The van der Waals surface area contributed by atoms with Crippen LogP contribution >= 0.6 is 0 Å². The summed E-state index contributed by atoms with van der Waals surface area (Å²) in [6, 6.07) is 0. The normalized spacial score (nSPS) is 37.8. The van der Waals surface area contributed by atoms with Gasteiger partial charge in [-0.25, -0.2) is 4.79 Å². The van der Waals surface area contributed by atoms with Gasteiger partial charge in [-0.3, -0.25) is 9.59 Å². The van der Waals surface area contributed by atoms with Crippen LogP contribution in [-0.4, -0.2) is 63.1 Å². The molecule has 43 heavy (non-hydrogen) atoms. The van der Waals surface area contributed by atoms with E-state index in [-0.39, 0.29) is 17.3 Å². The molecule has 2 fully saturated rings. The first kappa shape index (κ1) is 33.6. The molecule has 0 aromatic rings. The van der Waals surface area contributed by atoms with Gasteiger partial charge in [-0.05, 0) is 50.7 Å². The summed E-state index contributed by atoms with van der Waals surface area (Å²) in [6.45, 7) is 12.4. The third-order valence-corrected chi connectivity index (χ3v) is 11.3. The number of carbonyl (C=O) groups is 3. The fourth-order valence-electron chi connectivity index (χ4n) is 8.69. The van der Waals surface area contributed by atoms with E-state index in [2.05, 4.69) is 6.92 Å². The maximum Gasteiger partial charge on any atom is 0.334 e. The van der Waals surface area contributed by atoms with Gasteiger partial charge in [-0.15, -0.1) is 0 Å². The molecule has 0 aliphatic heterocycles. The number of aliphatic hydroxyl groups is 3. The highest BCUT2D eigenvalue weighted by Gasteiger charge is 2.83. The average Bonchev–Trinajstić information content (AvgIpc) is 3.36. The summed E-state index contributed by atoms with van der Waals surface area (Å²) in [4.78, 5) is 41.0. The molecule has 4 aliphatic carbocycles. The predicted molar refractivity (Wildman–Crippen MR) is 163 cm³/mol. The Kier molecular flexibility index (Phi) is 9.57. The van der Waals surface area contributed by atoms with Crippen molar-refractivity contribution >= 4 is 17.7 Å². The maximum absolute atomic E-state index is 14.8. The van der Waals surface area contributed by atoms with Crippen LogP contribution < -0.4 is 0 Å². The first-order valence-electron chi connectivity index (χ1n) is 16.2. The minimum absolute atomic E-state index is 0.0923. The van der Waals surface area contributed by atoms with E-state index in [4.69, 9.17) is 9.47 Å².